The minimum atomic E-state index is -0.117. The average molecular weight is 301 g/mol. The summed E-state index contributed by atoms with van der Waals surface area (Å²) in [6.45, 7) is 0.323. The first-order valence-electron chi connectivity index (χ1n) is 6.53. The molecule has 0 bridgehead atoms. The highest BCUT2D eigenvalue weighted by atomic mass is 32.1. The zero-order valence-corrected chi connectivity index (χ0v) is 12.6. The second-order valence-electron chi connectivity index (χ2n) is 5.03. The number of H-pyrrole nitrogens is 1. The van der Waals surface area contributed by atoms with Gasteiger partial charge in [0.15, 0.2) is 4.77 Å². The summed E-state index contributed by atoms with van der Waals surface area (Å²) in [6.07, 6.45) is 1.58. The maximum Gasteiger partial charge on any atom is 0.262 e. The van der Waals surface area contributed by atoms with Gasteiger partial charge in [-0.05, 0) is 42.5 Å². The van der Waals surface area contributed by atoms with Gasteiger partial charge in [0.05, 0.1) is 23.7 Å². The molecule has 0 fully saturated rings. The largest absolute Gasteiger partial charge is 0.467 e. The van der Waals surface area contributed by atoms with E-state index in [0.717, 1.165) is 11.2 Å². The third-order valence-corrected chi connectivity index (χ3v) is 3.70. The van der Waals surface area contributed by atoms with Crippen molar-refractivity contribution in [1.82, 2.24) is 9.55 Å². The van der Waals surface area contributed by atoms with Crippen molar-refractivity contribution in [2.75, 3.05) is 19.0 Å². The molecule has 6 heteroatoms. The Morgan fingerprint density at radius 2 is 2.14 bits per heavy atom. The predicted molar refractivity (Wildman–Crippen MR) is 85.5 cm³/mol. The monoisotopic (exact) mass is 301 g/mol. The molecule has 0 radical (unpaired) electrons. The molecule has 0 saturated carbocycles. The van der Waals surface area contributed by atoms with E-state index in [4.69, 9.17) is 16.6 Å². The zero-order valence-electron chi connectivity index (χ0n) is 11.8. The lowest BCUT2D eigenvalue weighted by atomic mass is 10.2. The summed E-state index contributed by atoms with van der Waals surface area (Å²) in [5.41, 5.74) is 1.59. The number of rotatable bonds is 3. The number of furan rings is 1. The quantitative estimate of drug-likeness (QED) is 0.756. The summed E-state index contributed by atoms with van der Waals surface area (Å²) in [4.78, 5) is 17.7. The van der Waals surface area contributed by atoms with Gasteiger partial charge < -0.3 is 14.3 Å². The lowest BCUT2D eigenvalue weighted by Crippen LogP contribution is -2.23. The molecule has 0 aliphatic carbocycles. The smallest absolute Gasteiger partial charge is 0.262 e. The Balaban J connectivity index is 2.21. The van der Waals surface area contributed by atoms with Crippen molar-refractivity contribution in [1.29, 1.82) is 0 Å². The van der Waals surface area contributed by atoms with Crippen molar-refractivity contribution >= 4 is 28.8 Å². The van der Waals surface area contributed by atoms with Crippen LogP contribution in [0.2, 0.25) is 0 Å². The summed E-state index contributed by atoms with van der Waals surface area (Å²) in [5.74, 6) is 0.694. The molecular weight excluding hydrogens is 286 g/mol. The lowest BCUT2D eigenvalue weighted by molar-refractivity contribution is 0.487. The minimum absolute atomic E-state index is 0.117. The van der Waals surface area contributed by atoms with Gasteiger partial charge >= 0.3 is 0 Å². The van der Waals surface area contributed by atoms with E-state index in [0.29, 0.717) is 22.5 Å². The second kappa shape index (κ2) is 5.21. The molecule has 2 heterocycles. The van der Waals surface area contributed by atoms with Gasteiger partial charge in [0, 0.05) is 19.8 Å². The summed E-state index contributed by atoms with van der Waals surface area (Å²) in [6, 6.07) is 9.30. The van der Waals surface area contributed by atoms with E-state index < -0.39 is 0 Å². The number of anilines is 1. The fourth-order valence-corrected chi connectivity index (χ4v) is 2.48. The highest BCUT2D eigenvalue weighted by Gasteiger charge is 2.09. The van der Waals surface area contributed by atoms with E-state index in [1.165, 1.54) is 4.57 Å². The molecular formula is C15H15N3O2S. The van der Waals surface area contributed by atoms with E-state index in [2.05, 4.69) is 4.98 Å². The van der Waals surface area contributed by atoms with Crippen molar-refractivity contribution in [2.24, 2.45) is 0 Å². The highest BCUT2D eigenvalue weighted by molar-refractivity contribution is 7.71. The fourth-order valence-electron chi connectivity index (χ4n) is 2.22. The molecule has 0 aliphatic heterocycles. The number of hydrogen-bond acceptors (Lipinski definition) is 4. The third kappa shape index (κ3) is 2.50. The van der Waals surface area contributed by atoms with Crippen LogP contribution in [0, 0.1) is 4.77 Å². The Bertz CT molecular complexity index is 891. The maximum atomic E-state index is 12.7. The molecule has 2 aromatic heterocycles. The van der Waals surface area contributed by atoms with Crippen LogP contribution in [-0.4, -0.2) is 23.6 Å². The lowest BCUT2D eigenvalue weighted by Gasteiger charge is -2.13. The van der Waals surface area contributed by atoms with Crippen LogP contribution in [0.3, 0.4) is 0 Å². The molecule has 0 atom stereocenters. The van der Waals surface area contributed by atoms with Crippen LogP contribution < -0.4 is 10.5 Å². The standard InChI is InChI=1S/C15H15N3O2S/c1-17(2)10-5-6-13-12(8-10)14(19)18(15(21)16-13)9-11-4-3-7-20-11/h3-8H,9H2,1-2H3,(H,16,21). The topological polar surface area (TPSA) is 54.2 Å². The van der Waals surface area contributed by atoms with Gasteiger partial charge in [-0.15, -0.1) is 0 Å². The van der Waals surface area contributed by atoms with Crippen molar-refractivity contribution in [2.45, 2.75) is 6.54 Å². The molecule has 0 saturated heterocycles. The summed E-state index contributed by atoms with van der Waals surface area (Å²) in [7, 11) is 3.88. The first-order chi connectivity index (χ1) is 10.1. The number of benzene rings is 1. The second-order valence-corrected chi connectivity index (χ2v) is 5.41. The molecule has 1 aromatic carbocycles. The molecule has 108 valence electrons. The van der Waals surface area contributed by atoms with Crippen LogP contribution >= 0.6 is 12.2 Å². The Morgan fingerprint density at radius 3 is 2.81 bits per heavy atom. The molecule has 21 heavy (non-hydrogen) atoms. The van der Waals surface area contributed by atoms with E-state index in [1.807, 2.05) is 43.3 Å². The first kappa shape index (κ1) is 13.6. The van der Waals surface area contributed by atoms with E-state index in [-0.39, 0.29) is 5.56 Å². The van der Waals surface area contributed by atoms with Crippen LogP contribution in [0.1, 0.15) is 5.76 Å². The van der Waals surface area contributed by atoms with Gasteiger partial charge in [-0.1, -0.05) is 0 Å². The molecule has 0 amide bonds. The van der Waals surface area contributed by atoms with Crippen LogP contribution in [0.5, 0.6) is 0 Å². The third-order valence-electron chi connectivity index (χ3n) is 3.38. The van der Waals surface area contributed by atoms with Crippen molar-refractivity contribution < 1.29 is 4.42 Å². The van der Waals surface area contributed by atoms with Crippen molar-refractivity contribution in [3.8, 4) is 0 Å². The molecule has 3 rings (SSSR count). The Kier molecular flexibility index (Phi) is 3.39. The zero-order chi connectivity index (χ0) is 15.0. The molecule has 5 nitrogen and oxygen atoms in total. The van der Waals surface area contributed by atoms with Crippen LogP contribution in [-0.2, 0) is 6.54 Å². The number of fused-ring (bicyclic) bond motifs is 1. The maximum absolute atomic E-state index is 12.7. The Hall–Kier alpha value is -2.34. The van der Waals surface area contributed by atoms with Crippen LogP contribution in [0.4, 0.5) is 5.69 Å². The van der Waals surface area contributed by atoms with Gasteiger partial charge in [-0.2, -0.15) is 0 Å². The van der Waals surface area contributed by atoms with E-state index >= 15 is 0 Å². The number of aromatic nitrogens is 2. The molecule has 3 aromatic rings. The first-order valence-corrected chi connectivity index (χ1v) is 6.93. The summed E-state index contributed by atoms with van der Waals surface area (Å²) in [5, 5.41) is 0.612. The fraction of sp³-hybridized carbons (Fsp3) is 0.200. The van der Waals surface area contributed by atoms with Gasteiger partial charge in [-0.25, -0.2) is 0 Å². The SMILES string of the molecule is CN(C)c1ccc2[nH]c(=S)n(Cc3ccco3)c(=O)c2c1. The highest BCUT2D eigenvalue weighted by Crippen LogP contribution is 2.17. The predicted octanol–water partition coefficient (Wildman–Crippen LogP) is 2.77. The van der Waals surface area contributed by atoms with E-state index in [1.54, 1.807) is 12.3 Å². The normalized spacial score (nSPS) is 11.0. The summed E-state index contributed by atoms with van der Waals surface area (Å²) >= 11 is 5.28. The Labute approximate surface area is 126 Å². The Morgan fingerprint density at radius 1 is 1.33 bits per heavy atom. The molecule has 0 spiro atoms. The minimum Gasteiger partial charge on any atom is -0.467 e. The molecule has 1 N–H and O–H groups in total. The number of nitrogens with zero attached hydrogens (tertiary/aromatic N) is 2. The van der Waals surface area contributed by atoms with Gasteiger partial charge in [0.25, 0.3) is 5.56 Å². The summed E-state index contributed by atoms with van der Waals surface area (Å²) < 4.78 is 7.19. The van der Waals surface area contributed by atoms with Crippen LogP contribution in [0.25, 0.3) is 10.9 Å². The van der Waals surface area contributed by atoms with Crippen molar-refractivity contribution in [3.05, 3.63) is 57.5 Å². The average Bonchev–Trinajstić information content (AvgIpc) is 2.96. The van der Waals surface area contributed by atoms with Gasteiger partial charge in [0.2, 0.25) is 0 Å². The number of nitrogens with one attached hydrogen (secondary N) is 1. The van der Waals surface area contributed by atoms with Crippen LogP contribution in [0.15, 0.2) is 45.8 Å². The number of hydrogen-bond donors (Lipinski definition) is 1. The van der Waals surface area contributed by atoms with Gasteiger partial charge in [-0.3, -0.25) is 9.36 Å². The molecule has 0 aliphatic rings. The molecule has 0 unspecified atom stereocenters. The number of aromatic amines is 1. The van der Waals surface area contributed by atoms with Gasteiger partial charge in [0.1, 0.15) is 5.76 Å². The van der Waals surface area contributed by atoms with Crippen molar-refractivity contribution in [3.63, 3.8) is 0 Å². The van der Waals surface area contributed by atoms with E-state index in [9.17, 15) is 4.79 Å².